The van der Waals surface area contributed by atoms with E-state index in [1.165, 1.54) is 5.69 Å². The fourth-order valence-corrected chi connectivity index (χ4v) is 3.92. The SMILES string of the molecule is COc1ccccc1-c1cc(CNCCN2CCN(c3cccc(Cl)c3)CC2)on1. The lowest BCUT2D eigenvalue weighted by Gasteiger charge is -2.36. The van der Waals surface area contributed by atoms with Gasteiger partial charge in [0.15, 0.2) is 5.76 Å². The molecule has 1 N–H and O–H groups in total. The van der Waals surface area contributed by atoms with Crippen molar-refractivity contribution in [3.8, 4) is 17.0 Å². The first-order valence-electron chi connectivity index (χ1n) is 10.3. The third-order valence-corrected chi connectivity index (χ3v) is 5.63. The van der Waals surface area contributed by atoms with Gasteiger partial charge in [0, 0.05) is 61.6 Å². The molecule has 0 saturated carbocycles. The Morgan fingerprint density at radius 3 is 2.70 bits per heavy atom. The Balaban J connectivity index is 1.20. The number of piperazine rings is 1. The zero-order valence-corrected chi connectivity index (χ0v) is 17.9. The van der Waals surface area contributed by atoms with E-state index in [1.807, 2.05) is 48.5 Å². The lowest BCUT2D eigenvalue weighted by molar-refractivity contribution is 0.255. The van der Waals surface area contributed by atoms with Crippen LogP contribution < -0.4 is 15.0 Å². The first-order valence-corrected chi connectivity index (χ1v) is 10.6. The van der Waals surface area contributed by atoms with Gasteiger partial charge in [-0.05, 0) is 30.3 Å². The van der Waals surface area contributed by atoms with Crippen molar-refractivity contribution in [3.05, 3.63) is 65.4 Å². The Kier molecular flexibility index (Phi) is 6.89. The molecule has 0 amide bonds. The number of hydrogen-bond acceptors (Lipinski definition) is 6. The van der Waals surface area contributed by atoms with E-state index in [2.05, 4.69) is 26.3 Å². The first-order chi connectivity index (χ1) is 14.7. The number of aromatic nitrogens is 1. The fourth-order valence-electron chi connectivity index (χ4n) is 3.73. The molecule has 2 heterocycles. The van der Waals surface area contributed by atoms with Gasteiger partial charge >= 0.3 is 0 Å². The van der Waals surface area contributed by atoms with Crippen molar-refractivity contribution in [2.24, 2.45) is 0 Å². The standard InChI is InChI=1S/C23H27ClN4O2/c1-29-23-8-3-2-7-21(23)22-16-20(30-26-22)17-25-9-10-27-11-13-28(14-12-27)19-6-4-5-18(24)15-19/h2-8,15-16,25H,9-14,17H2,1H3. The van der Waals surface area contributed by atoms with E-state index in [4.69, 9.17) is 20.9 Å². The predicted octanol–water partition coefficient (Wildman–Crippen LogP) is 3.92. The second-order valence-electron chi connectivity index (χ2n) is 7.36. The maximum atomic E-state index is 6.12. The second kappa shape index (κ2) is 9.98. The molecule has 1 aromatic heterocycles. The van der Waals surface area contributed by atoms with Crippen LogP contribution in [-0.2, 0) is 6.54 Å². The minimum atomic E-state index is 0.657. The maximum Gasteiger partial charge on any atom is 0.151 e. The quantitative estimate of drug-likeness (QED) is 0.551. The van der Waals surface area contributed by atoms with Crippen LogP contribution in [0.2, 0.25) is 5.02 Å². The zero-order valence-electron chi connectivity index (χ0n) is 17.2. The number of rotatable bonds is 8. The van der Waals surface area contributed by atoms with Gasteiger partial charge in [-0.1, -0.05) is 35.0 Å². The van der Waals surface area contributed by atoms with Crippen molar-refractivity contribution in [1.82, 2.24) is 15.4 Å². The van der Waals surface area contributed by atoms with E-state index in [0.717, 1.165) is 67.1 Å². The maximum absolute atomic E-state index is 6.12. The van der Waals surface area contributed by atoms with Gasteiger partial charge in [-0.25, -0.2) is 0 Å². The molecule has 6 nitrogen and oxygen atoms in total. The van der Waals surface area contributed by atoms with Crippen molar-refractivity contribution in [2.75, 3.05) is 51.3 Å². The van der Waals surface area contributed by atoms with Crippen molar-refractivity contribution in [1.29, 1.82) is 0 Å². The van der Waals surface area contributed by atoms with Gasteiger partial charge in [0.05, 0.1) is 13.7 Å². The number of ether oxygens (including phenoxy) is 1. The van der Waals surface area contributed by atoms with E-state index < -0.39 is 0 Å². The molecule has 3 aromatic rings. The summed E-state index contributed by atoms with van der Waals surface area (Å²) in [7, 11) is 1.66. The minimum absolute atomic E-state index is 0.657. The van der Waals surface area contributed by atoms with Crippen LogP contribution in [0.1, 0.15) is 5.76 Å². The van der Waals surface area contributed by atoms with Gasteiger partial charge in [0.1, 0.15) is 11.4 Å². The monoisotopic (exact) mass is 426 g/mol. The normalized spacial score (nSPS) is 14.8. The predicted molar refractivity (Wildman–Crippen MR) is 120 cm³/mol. The molecule has 0 radical (unpaired) electrons. The van der Waals surface area contributed by atoms with E-state index in [0.29, 0.717) is 6.54 Å². The van der Waals surface area contributed by atoms with Gasteiger partial charge in [0.25, 0.3) is 0 Å². The highest BCUT2D eigenvalue weighted by atomic mass is 35.5. The Morgan fingerprint density at radius 1 is 1.07 bits per heavy atom. The molecule has 4 rings (SSSR count). The Bertz CT molecular complexity index is 954. The Hall–Kier alpha value is -2.54. The van der Waals surface area contributed by atoms with Gasteiger partial charge < -0.3 is 19.5 Å². The average molecular weight is 427 g/mol. The summed E-state index contributed by atoms with van der Waals surface area (Å²) in [5.41, 5.74) is 2.94. The van der Waals surface area contributed by atoms with Crippen LogP contribution >= 0.6 is 11.6 Å². The third-order valence-electron chi connectivity index (χ3n) is 5.39. The number of anilines is 1. The molecular weight excluding hydrogens is 400 g/mol. The van der Waals surface area contributed by atoms with Crippen molar-refractivity contribution in [3.63, 3.8) is 0 Å². The summed E-state index contributed by atoms with van der Waals surface area (Å²) in [4.78, 5) is 4.87. The summed E-state index contributed by atoms with van der Waals surface area (Å²) < 4.78 is 10.9. The first kappa shape index (κ1) is 20.7. The van der Waals surface area contributed by atoms with Crippen molar-refractivity contribution < 1.29 is 9.26 Å². The van der Waals surface area contributed by atoms with Crippen LogP contribution in [0.3, 0.4) is 0 Å². The smallest absolute Gasteiger partial charge is 0.151 e. The molecule has 1 aliphatic heterocycles. The van der Waals surface area contributed by atoms with Crippen LogP contribution in [0.4, 0.5) is 5.69 Å². The molecule has 0 spiro atoms. The van der Waals surface area contributed by atoms with Gasteiger partial charge in [0.2, 0.25) is 0 Å². The van der Waals surface area contributed by atoms with Gasteiger partial charge in [-0.15, -0.1) is 0 Å². The lowest BCUT2D eigenvalue weighted by atomic mass is 10.1. The van der Waals surface area contributed by atoms with E-state index in [9.17, 15) is 0 Å². The summed E-state index contributed by atoms with van der Waals surface area (Å²) in [6.45, 7) is 6.71. The van der Waals surface area contributed by atoms with Crippen LogP contribution in [0.25, 0.3) is 11.3 Å². The van der Waals surface area contributed by atoms with Crippen LogP contribution in [0.5, 0.6) is 5.75 Å². The topological polar surface area (TPSA) is 53.8 Å². The number of nitrogens with zero attached hydrogens (tertiary/aromatic N) is 3. The Labute approximate surface area is 182 Å². The fraction of sp³-hybridized carbons (Fsp3) is 0.348. The molecule has 1 fully saturated rings. The number of methoxy groups -OCH3 is 1. The number of hydrogen-bond donors (Lipinski definition) is 1. The number of halogens is 1. The summed E-state index contributed by atoms with van der Waals surface area (Å²) in [6.07, 6.45) is 0. The lowest BCUT2D eigenvalue weighted by Crippen LogP contribution is -2.48. The molecule has 1 aliphatic rings. The van der Waals surface area contributed by atoms with E-state index >= 15 is 0 Å². The summed E-state index contributed by atoms with van der Waals surface area (Å²) in [6, 6.07) is 17.9. The average Bonchev–Trinajstić information content (AvgIpc) is 3.26. The molecular formula is C23H27ClN4O2. The highest BCUT2D eigenvalue weighted by molar-refractivity contribution is 6.30. The third kappa shape index (κ3) is 5.14. The molecule has 158 valence electrons. The van der Waals surface area contributed by atoms with Crippen molar-refractivity contribution >= 4 is 17.3 Å². The molecule has 7 heteroatoms. The second-order valence-corrected chi connectivity index (χ2v) is 7.80. The van der Waals surface area contributed by atoms with E-state index in [-0.39, 0.29) is 0 Å². The highest BCUT2D eigenvalue weighted by Crippen LogP contribution is 2.29. The minimum Gasteiger partial charge on any atom is -0.496 e. The number of nitrogens with one attached hydrogen (secondary N) is 1. The number of benzene rings is 2. The molecule has 30 heavy (non-hydrogen) atoms. The highest BCUT2D eigenvalue weighted by Gasteiger charge is 2.17. The molecule has 0 atom stereocenters. The van der Waals surface area contributed by atoms with Gasteiger partial charge in [-0.3, -0.25) is 4.90 Å². The molecule has 1 saturated heterocycles. The summed E-state index contributed by atoms with van der Waals surface area (Å²) in [5, 5.41) is 8.43. The molecule has 0 aliphatic carbocycles. The molecule has 0 bridgehead atoms. The van der Waals surface area contributed by atoms with Gasteiger partial charge in [-0.2, -0.15) is 0 Å². The van der Waals surface area contributed by atoms with Crippen LogP contribution in [0, 0.1) is 0 Å². The van der Waals surface area contributed by atoms with E-state index in [1.54, 1.807) is 7.11 Å². The molecule has 2 aromatic carbocycles. The summed E-state index contributed by atoms with van der Waals surface area (Å²) >= 11 is 6.12. The largest absolute Gasteiger partial charge is 0.496 e. The summed E-state index contributed by atoms with van der Waals surface area (Å²) in [5.74, 6) is 1.61. The molecule has 0 unspecified atom stereocenters. The Morgan fingerprint density at radius 2 is 1.90 bits per heavy atom. The van der Waals surface area contributed by atoms with Crippen LogP contribution in [-0.4, -0.2) is 56.4 Å². The van der Waals surface area contributed by atoms with Crippen LogP contribution in [0.15, 0.2) is 59.1 Å². The zero-order chi connectivity index (χ0) is 20.8. The number of para-hydroxylation sites is 1. The van der Waals surface area contributed by atoms with Crippen molar-refractivity contribution in [2.45, 2.75) is 6.54 Å².